The second-order valence-electron chi connectivity index (χ2n) is 12.8. The number of rotatable bonds is 1. The van der Waals surface area contributed by atoms with Crippen LogP contribution in [0.5, 0.6) is 5.75 Å². The molecule has 1 amide bonds. The molecule has 0 unspecified atom stereocenters. The number of ether oxygens (including phenoxy) is 2. The van der Waals surface area contributed by atoms with E-state index in [1.165, 1.54) is 23.1 Å². The van der Waals surface area contributed by atoms with Gasteiger partial charge in [-0.3, -0.25) is 4.79 Å². The van der Waals surface area contributed by atoms with Gasteiger partial charge in [-0.15, -0.1) is 0 Å². The first-order valence-corrected chi connectivity index (χ1v) is 15.7. The molecule has 5 atom stereocenters. The van der Waals surface area contributed by atoms with Gasteiger partial charge in [0.1, 0.15) is 5.75 Å². The van der Waals surface area contributed by atoms with Gasteiger partial charge in [0, 0.05) is 37.1 Å². The molecule has 0 radical (unpaired) electrons. The smallest absolute Gasteiger partial charge is 0.343 e. The van der Waals surface area contributed by atoms with Gasteiger partial charge in [0.05, 0.1) is 31.9 Å². The number of hydrogen-bond donors (Lipinski definition) is 2. The van der Waals surface area contributed by atoms with E-state index in [0.717, 1.165) is 42.8 Å². The average Bonchev–Trinajstić information content (AvgIpc) is 3.13. The molecule has 4 aliphatic rings. The topological polar surface area (TPSA) is 99.5 Å². The van der Waals surface area contributed by atoms with Crippen molar-refractivity contribution in [2.75, 3.05) is 45.3 Å². The van der Waals surface area contributed by atoms with Crippen LogP contribution in [-0.4, -0.2) is 73.5 Å². The van der Waals surface area contributed by atoms with E-state index in [-0.39, 0.29) is 28.7 Å². The van der Waals surface area contributed by atoms with Gasteiger partial charge < -0.3 is 29.5 Å². The second-order valence-corrected chi connectivity index (χ2v) is 13.3. The van der Waals surface area contributed by atoms with Crippen molar-refractivity contribution in [3.05, 3.63) is 70.3 Å². The summed E-state index contributed by atoms with van der Waals surface area (Å²) in [5.74, 6) is -0.216. The molecule has 1 saturated carbocycles. The van der Waals surface area contributed by atoms with E-state index >= 15 is 0 Å². The van der Waals surface area contributed by atoms with Gasteiger partial charge in [-0.2, -0.15) is 0 Å². The third-order valence-corrected chi connectivity index (χ3v) is 10.4. The highest BCUT2D eigenvalue weighted by Crippen LogP contribution is 2.47. The Hall–Kier alpha value is -3.07. The zero-order valence-corrected chi connectivity index (χ0v) is 25.7. The Morgan fingerprint density at radius 1 is 1.19 bits per heavy atom. The third kappa shape index (κ3) is 5.54. The highest BCUT2D eigenvalue weighted by molar-refractivity contribution is 6.30. The van der Waals surface area contributed by atoms with Crippen LogP contribution in [0.15, 0.2) is 48.6 Å². The fraction of sp³-hybridized carbons (Fsp3) is 0.529. The summed E-state index contributed by atoms with van der Waals surface area (Å²) in [5.41, 5.74) is 1.09. The van der Waals surface area contributed by atoms with Crippen LogP contribution in [0.4, 0.5) is 5.69 Å². The largest absolute Gasteiger partial charge is 0.490 e. The normalized spacial score (nSPS) is 31.7. The van der Waals surface area contributed by atoms with Crippen molar-refractivity contribution >= 4 is 29.2 Å². The lowest BCUT2D eigenvalue weighted by molar-refractivity contribution is -0.168. The van der Waals surface area contributed by atoms with Crippen LogP contribution in [0.25, 0.3) is 0 Å². The molecule has 1 spiro atoms. The summed E-state index contributed by atoms with van der Waals surface area (Å²) in [6.07, 6.45) is 8.19. The van der Waals surface area contributed by atoms with Gasteiger partial charge in [-0.1, -0.05) is 35.9 Å². The summed E-state index contributed by atoms with van der Waals surface area (Å²) in [6.45, 7) is 2.24. The molecule has 2 N–H and O–H groups in total. The minimum Gasteiger partial charge on any atom is -0.490 e. The van der Waals surface area contributed by atoms with E-state index in [1.807, 2.05) is 18.2 Å². The highest BCUT2D eigenvalue weighted by atomic mass is 35.5. The number of anilines is 1. The van der Waals surface area contributed by atoms with Crippen LogP contribution >= 0.6 is 11.6 Å². The Labute approximate surface area is 258 Å². The maximum atomic E-state index is 13.2. The Bertz CT molecular complexity index is 1430. The van der Waals surface area contributed by atoms with Gasteiger partial charge in [0.15, 0.2) is 5.60 Å². The number of aliphatic hydroxyl groups excluding tert-OH is 1. The molecule has 2 bridgehead atoms. The van der Waals surface area contributed by atoms with Crippen molar-refractivity contribution in [1.82, 2.24) is 4.90 Å². The molecule has 0 saturated heterocycles. The zero-order valence-electron chi connectivity index (χ0n) is 24.9. The van der Waals surface area contributed by atoms with Gasteiger partial charge in [-0.05, 0) is 91.3 Å². The minimum atomic E-state index is -2.17. The molecule has 9 heteroatoms. The summed E-state index contributed by atoms with van der Waals surface area (Å²) < 4.78 is 11.6. The van der Waals surface area contributed by atoms with Gasteiger partial charge >= 0.3 is 5.97 Å². The van der Waals surface area contributed by atoms with Crippen molar-refractivity contribution in [3.63, 3.8) is 0 Å². The quantitative estimate of drug-likeness (QED) is 0.366. The number of benzene rings is 2. The summed E-state index contributed by atoms with van der Waals surface area (Å²) in [4.78, 5) is 30.2. The first-order chi connectivity index (χ1) is 20.6. The first kappa shape index (κ1) is 30.0. The fourth-order valence-corrected chi connectivity index (χ4v) is 7.71. The van der Waals surface area contributed by atoms with E-state index in [2.05, 4.69) is 17.0 Å². The van der Waals surface area contributed by atoms with Crippen LogP contribution in [-0.2, 0) is 31.8 Å². The monoisotopic (exact) mass is 608 g/mol. The van der Waals surface area contributed by atoms with Gasteiger partial charge in [0.2, 0.25) is 5.91 Å². The van der Waals surface area contributed by atoms with E-state index < -0.39 is 24.1 Å². The number of hydrogen-bond acceptors (Lipinski definition) is 7. The van der Waals surface area contributed by atoms with Crippen molar-refractivity contribution in [2.45, 2.75) is 62.1 Å². The number of carbonyl (C=O) groups is 2. The number of aliphatic hydroxyl groups is 2. The molecule has 2 aromatic carbocycles. The molecular weight excluding hydrogens is 568 g/mol. The number of nitrogens with zero attached hydrogens (tertiary/aromatic N) is 2. The maximum Gasteiger partial charge on any atom is 0.343 e. The summed E-state index contributed by atoms with van der Waals surface area (Å²) >= 11 is 6.40. The van der Waals surface area contributed by atoms with Crippen LogP contribution in [0.1, 0.15) is 55.2 Å². The molecule has 0 aromatic heterocycles. The van der Waals surface area contributed by atoms with Crippen LogP contribution in [0.3, 0.4) is 0 Å². The number of aryl methyl sites for hydroxylation is 1. The lowest BCUT2D eigenvalue weighted by Crippen LogP contribution is -2.49. The summed E-state index contributed by atoms with van der Waals surface area (Å²) in [6, 6.07) is 11.4. The Balaban J connectivity index is 1.46. The first-order valence-electron chi connectivity index (χ1n) is 15.3. The molecule has 2 heterocycles. The van der Waals surface area contributed by atoms with Crippen molar-refractivity contribution in [2.24, 2.45) is 11.8 Å². The number of fused-ring (bicyclic) bond motifs is 4. The molecule has 6 rings (SSSR count). The molecule has 1 fully saturated rings. The van der Waals surface area contributed by atoms with Crippen LogP contribution < -0.4 is 9.64 Å². The van der Waals surface area contributed by atoms with E-state index in [4.69, 9.17) is 21.1 Å². The highest BCUT2D eigenvalue weighted by Gasteiger charge is 2.46. The fourth-order valence-electron chi connectivity index (χ4n) is 7.51. The molecule has 2 aromatic rings. The van der Waals surface area contributed by atoms with Crippen LogP contribution in [0, 0.1) is 11.8 Å². The molecule has 8 nitrogen and oxygen atoms in total. The number of esters is 1. The number of halogens is 1. The molecule has 43 heavy (non-hydrogen) atoms. The lowest BCUT2D eigenvalue weighted by Gasteiger charge is -2.45. The standard InChI is InChI=1S/C34H41ClN2O6/c1-36-15-4-3-7-29(38)26-11-8-23(26)19-37-20-33(14-5-6-22-16-25(35)10-12-27(22)33)21-43-30-13-9-24(17-28(30)37)34(41,18-31(36)39)32(40)42-2/h3,7,9-10,12-13,16-17,23,26,29,38,41H,4-6,8,11,14-15,18-21H2,1-2H3/b7-3-/t23-,26+,29-,33-,34+/m0/s1. The Morgan fingerprint density at radius 3 is 2.79 bits per heavy atom. The molecule has 230 valence electrons. The average molecular weight is 609 g/mol. The van der Waals surface area contributed by atoms with Crippen molar-refractivity contribution in [1.29, 1.82) is 0 Å². The summed E-state index contributed by atoms with van der Waals surface area (Å²) in [5, 5.41) is 23.7. The predicted octanol–water partition coefficient (Wildman–Crippen LogP) is 4.37. The van der Waals surface area contributed by atoms with Crippen LogP contribution in [0.2, 0.25) is 5.02 Å². The second kappa shape index (κ2) is 11.8. The molecule has 2 aliphatic heterocycles. The van der Waals surface area contributed by atoms with Gasteiger partial charge in [0.25, 0.3) is 0 Å². The zero-order chi connectivity index (χ0) is 30.4. The molecular formula is C34H41ClN2O6. The Kier molecular flexibility index (Phi) is 8.22. The number of methoxy groups -OCH3 is 1. The number of amides is 1. The predicted molar refractivity (Wildman–Crippen MR) is 164 cm³/mol. The van der Waals surface area contributed by atoms with E-state index in [9.17, 15) is 19.8 Å². The summed E-state index contributed by atoms with van der Waals surface area (Å²) in [7, 11) is 2.87. The Morgan fingerprint density at radius 2 is 2.02 bits per heavy atom. The van der Waals surface area contributed by atoms with E-state index in [1.54, 1.807) is 25.2 Å². The van der Waals surface area contributed by atoms with E-state index in [0.29, 0.717) is 38.4 Å². The minimum absolute atomic E-state index is 0.125. The SMILES string of the molecule is COC(=O)[C@@]1(O)CC(=O)N(C)CC/C=C\[C@H](O)[C@@H]2CC[C@H]2CN2C[C@@]3(CCCc4cc(Cl)ccc43)COc3ccc1cc32. The van der Waals surface area contributed by atoms with Crippen molar-refractivity contribution < 1.29 is 29.3 Å². The van der Waals surface area contributed by atoms with Crippen molar-refractivity contribution in [3.8, 4) is 5.75 Å². The number of carbonyl (C=O) groups excluding carboxylic acids is 2. The lowest BCUT2D eigenvalue weighted by atomic mass is 9.68. The van der Waals surface area contributed by atoms with Gasteiger partial charge in [-0.25, -0.2) is 4.79 Å². The molecule has 2 aliphatic carbocycles. The third-order valence-electron chi connectivity index (χ3n) is 10.2. The maximum absolute atomic E-state index is 13.2.